The zero-order chi connectivity index (χ0) is 66.1. The van der Waals surface area contributed by atoms with Crippen molar-refractivity contribution in [3.05, 3.63) is 97.2 Å². The molecule has 0 aliphatic carbocycles. The molecule has 0 aromatic rings. The Morgan fingerprint density at radius 2 is 0.435 bits per heavy atom. The molecule has 0 fully saturated rings. The van der Waals surface area contributed by atoms with Gasteiger partial charge in [-0.3, -0.25) is 9.59 Å². The number of carbonyl (C=O) groups excluding carboxylic acids is 2. The summed E-state index contributed by atoms with van der Waals surface area (Å²) in [4.78, 5) is 24.7. The highest BCUT2D eigenvalue weighted by Crippen LogP contribution is 2.20. The molecule has 5 nitrogen and oxygen atoms in total. The van der Waals surface area contributed by atoms with Gasteiger partial charge in [-0.15, -0.1) is 0 Å². The van der Waals surface area contributed by atoms with Crippen LogP contribution in [0, 0.1) is 0 Å². The number of esters is 2. The fourth-order valence-electron chi connectivity index (χ4n) is 12.4. The summed E-state index contributed by atoms with van der Waals surface area (Å²) in [5.41, 5.74) is 0. The fraction of sp³-hybridized carbons (Fsp3) is 0.793. The minimum Gasteiger partial charge on any atom is -0.462 e. The first-order chi connectivity index (χ1) is 45.6. The van der Waals surface area contributed by atoms with Gasteiger partial charge in [-0.25, -0.2) is 0 Å². The van der Waals surface area contributed by atoms with Crippen LogP contribution in [0.5, 0.6) is 0 Å². The van der Waals surface area contributed by atoms with Gasteiger partial charge in [0, 0.05) is 12.8 Å². The lowest BCUT2D eigenvalue weighted by Gasteiger charge is -2.15. The molecule has 5 heteroatoms. The molecule has 92 heavy (non-hydrogen) atoms. The molecule has 0 aliphatic rings. The van der Waals surface area contributed by atoms with E-state index in [9.17, 15) is 14.7 Å². The maximum atomic E-state index is 12.4. The summed E-state index contributed by atoms with van der Waals surface area (Å²) in [6.07, 6.45) is 118. The van der Waals surface area contributed by atoms with Gasteiger partial charge in [0.1, 0.15) is 6.61 Å². The third-order valence-electron chi connectivity index (χ3n) is 18.4. The molecular formula is C87H156O5. The van der Waals surface area contributed by atoms with Crippen LogP contribution in [0.3, 0.4) is 0 Å². The Kier molecular flexibility index (Phi) is 79.2. The summed E-state index contributed by atoms with van der Waals surface area (Å²) in [5, 5.41) is 9.74. The molecule has 0 bridgehead atoms. The second kappa shape index (κ2) is 82.1. The van der Waals surface area contributed by atoms with Gasteiger partial charge in [0.2, 0.25) is 0 Å². The van der Waals surface area contributed by atoms with Crippen molar-refractivity contribution < 1.29 is 24.2 Å². The molecule has 0 spiro atoms. The number of hydrogen-bond donors (Lipinski definition) is 1. The summed E-state index contributed by atoms with van der Waals surface area (Å²) in [6.45, 7) is 3.97. The molecule has 0 aliphatic heterocycles. The molecule has 534 valence electrons. The van der Waals surface area contributed by atoms with Crippen molar-refractivity contribution in [2.45, 2.75) is 431 Å². The number of hydrogen-bond acceptors (Lipinski definition) is 5. The minimum atomic E-state index is -0.773. The summed E-state index contributed by atoms with van der Waals surface area (Å²) in [5.74, 6) is -0.566. The van der Waals surface area contributed by atoms with E-state index in [-0.39, 0.29) is 25.2 Å². The molecular weight excluding hydrogens is 1120 g/mol. The summed E-state index contributed by atoms with van der Waals surface area (Å²) in [7, 11) is 0. The van der Waals surface area contributed by atoms with Crippen molar-refractivity contribution in [1.82, 2.24) is 0 Å². The van der Waals surface area contributed by atoms with E-state index in [0.29, 0.717) is 12.8 Å². The number of aliphatic hydroxyl groups is 1. The van der Waals surface area contributed by atoms with Crippen molar-refractivity contribution in [3.8, 4) is 0 Å². The smallest absolute Gasteiger partial charge is 0.306 e. The molecule has 1 unspecified atom stereocenters. The Bertz CT molecular complexity index is 1700. The number of unbranched alkanes of at least 4 members (excludes halogenated alkanes) is 52. The van der Waals surface area contributed by atoms with Gasteiger partial charge in [0.15, 0.2) is 6.10 Å². The van der Waals surface area contributed by atoms with E-state index >= 15 is 0 Å². The van der Waals surface area contributed by atoms with E-state index in [1.807, 2.05) is 0 Å². The molecule has 0 heterocycles. The van der Waals surface area contributed by atoms with Crippen molar-refractivity contribution >= 4 is 11.9 Å². The topological polar surface area (TPSA) is 72.8 Å². The Morgan fingerprint density at radius 1 is 0.250 bits per heavy atom. The van der Waals surface area contributed by atoms with Gasteiger partial charge in [0.25, 0.3) is 0 Å². The van der Waals surface area contributed by atoms with Crippen molar-refractivity contribution in [2.75, 3.05) is 13.2 Å². The predicted molar refractivity (Wildman–Crippen MR) is 408 cm³/mol. The van der Waals surface area contributed by atoms with Crippen molar-refractivity contribution in [1.29, 1.82) is 0 Å². The Labute approximate surface area is 574 Å². The van der Waals surface area contributed by atoms with Crippen LogP contribution in [0.1, 0.15) is 425 Å². The van der Waals surface area contributed by atoms with Gasteiger partial charge in [-0.2, -0.15) is 0 Å². The second-order valence-electron chi connectivity index (χ2n) is 27.4. The van der Waals surface area contributed by atoms with E-state index < -0.39 is 6.10 Å². The van der Waals surface area contributed by atoms with Gasteiger partial charge in [-0.05, 0) is 89.9 Å². The lowest BCUT2D eigenvalue weighted by atomic mass is 10.0. The second-order valence-corrected chi connectivity index (χ2v) is 27.4. The lowest BCUT2D eigenvalue weighted by molar-refractivity contribution is -0.161. The molecule has 0 rings (SSSR count). The van der Waals surface area contributed by atoms with E-state index in [1.54, 1.807) is 0 Å². The molecule has 0 aromatic carbocycles. The van der Waals surface area contributed by atoms with Gasteiger partial charge in [-0.1, -0.05) is 419 Å². The van der Waals surface area contributed by atoms with Crippen LogP contribution in [-0.4, -0.2) is 36.4 Å². The number of allylic oxidation sites excluding steroid dienone is 16. The monoisotopic (exact) mass is 1280 g/mol. The van der Waals surface area contributed by atoms with Gasteiger partial charge < -0.3 is 14.6 Å². The van der Waals surface area contributed by atoms with Crippen LogP contribution in [-0.2, 0) is 19.1 Å². The van der Waals surface area contributed by atoms with E-state index in [4.69, 9.17) is 9.47 Å². The van der Waals surface area contributed by atoms with E-state index in [1.165, 1.54) is 308 Å². The number of ether oxygens (including phenoxy) is 2. The lowest BCUT2D eigenvalue weighted by Crippen LogP contribution is -2.28. The third-order valence-corrected chi connectivity index (χ3v) is 18.4. The Hall–Kier alpha value is -3.18. The summed E-state index contributed by atoms with van der Waals surface area (Å²) in [6, 6.07) is 0. The average molecular weight is 1280 g/mol. The zero-order valence-corrected chi connectivity index (χ0v) is 61.6. The highest BCUT2D eigenvalue weighted by molar-refractivity contribution is 5.70. The van der Waals surface area contributed by atoms with Crippen molar-refractivity contribution in [2.24, 2.45) is 0 Å². The normalized spacial score (nSPS) is 12.7. The molecule has 0 radical (unpaired) electrons. The Morgan fingerprint density at radius 3 is 0.652 bits per heavy atom. The maximum absolute atomic E-state index is 12.4. The van der Waals surface area contributed by atoms with Crippen LogP contribution >= 0.6 is 0 Å². The highest BCUT2D eigenvalue weighted by Gasteiger charge is 2.16. The number of rotatable bonds is 76. The van der Waals surface area contributed by atoms with Crippen molar-refractivity contribution in [3.63, 3.8) is 0 Å². The third kappa shape index (κ3) is 79.3. The minimum absolute atomic E-state index is 0.0608. The van der Waals surface area contributed by atoms with E-state index in [2.05, 4.69) is 111 Å². The molecule has 1 atom stereocenters. The summed E-state index contributed by atoms with van der Waals surface area (Å²) < 4.78 is 10.8. The van der Waals surface area contributed by atoms with Crippen LogP contribution in [0.25, 0.3) is 0 Å². The molecule has 0 saturated heterocycles. The first kappa shape index (κ1) is 88.8. The Balaban J connectivity index is 3.37. The van der Waals surface area contributed by atoms with Gasteiger partial charge in [0.05, 0.1) is 6.61 Å². The average Bonchev–Trinajstić information content (AvgIpc) is 3.75. The SMILES string of the molecule is CC/C=C\C/C=C\C/C=C\C/C=C\CCCCCCCCCCCCCCCCCCCCCCCCCCCCC(=O)OCC(CO)OC(=O)CCCCCCCCCCCCCCCCCCCCCCCCCCCC/C=C\C/C=C\C/C=C\C/C=C\CC. The molecule has 0 aromatic heterocycles. The predicted octanol–water partition coefficient (Wildman–Crippen LogP) is 28.9. The zero-order valence-electron chi connectivity index (χ0n) is 61.6. The van der Waals surface area contributed by atoms with E-state index in [0.717, 1.165) is 89.9 Å². The van der Waals surface area contributed by atoms with Crippen LogP contribution in [0.15, 0.2) is 97.2 Å². The van der Waals surface area contributed by atoms with Gasteiger partial charge >= 0.3 is 11.9 Å². The fourth-order valence-corrected chi connectivity index (χ4v) is 12.4. The first-order valence-electron chi connectivity index (χ1n) is 40.8. The molecule has 0 amide bonds. The highest BCUT2D eigenvalue weighted by atomic mass is 16.6. The van der Waals surface area contributed by atoms with Crippen LogP contribution in [0.4, 0.5) is 0 Å². The quantitative estimate of drug-likeness (QED) is 0.0373. The first-order valence-corrected chi connectivity index (χ1v) is 40.8. The maximum Gasteiger partial charge on any atom is 0.306 e. The number of aliphatic hydroxyl groups excluding tert-OH is 1. The number of carbonyl (C=O) groups is 2. The summed E-state index contributed by atoms with van der Waals surface area (Å²) >= 11 is 0. The molecule has 0 saturated carbocycles. The largest absolute Gasteiger partial charge is 0.462 e. The standard InChI is InChI=1S/C87H156O5/c1-3-5-7-9-11-13-15-17-19-21-23-25-27-29-31-33-35-37-39-41-43-45-47-49-51-53-55-57-59-61-63-65-67-69-71-73-75-77-79-81-86(89)91-84-85(83-88)92-87(90)82-80-78-76-74-72-70-68-66-64-62-60-58-56-54-52-50-48-46-44-42-40-38-36-34-32-30-28-26-24-22-20-18-16-14-12-10-8-6-4-2/h5-8,11-14,17-20,23-26,85,88H,3-4,9-10,15-16,21-22,27-84H2,1-2H3/b7-5-,8-6-,13-11-,14-12-,19-17-,20-18-,25-23-,26-24-. The van der Waals surface area contributed by atoms with Crippen LogP contribution < -0.4 is 0 Å². The molecule has 1 N–H and O–H groups in total. The van der Waals surface area contributed by atoms with Crippen LogP contribution in [0.2, 0.25) is 0 Å².